The number of rotatable bonds is 11. The van der Waals surface area contributed by atoms with E-state index in [0.717, 1.165) is 42.1 Å². The van der Waals surface area contributed by atoms with Crippen molar-refractivity contribution in [2.75, 3.05) is 12.4 Å². The Morgan fingerprint density at radius 3 is 2.80 bits per heavy atom. The second-order valence-electron chi connectivity index (χ2n) is 7.04. The molecule has 0 amide bonds. The van der Waals surface area contributed by atoms with Crippen LogP contribution in [0, 0.1) is 0 Å². The molecule has 1 aromatic heterocycles. The summed E-state index contributed by atoms with van der Waals surface area (Å²) < 4.78 is 12.0. The Labute approximate surface area is 190 Å². The number of aryl methyl sites for hydroxylation is 2. The third-order valence-electron chi connectivity index (χ3n) is 4.77. The quantitative estimate of drug-likeness (QED) is 0.254. The Kier molecular flexibility index (Phi) is 8.42. The fourth-order valence-corrected chi connectivity index (χ4v) is 5.57. The molecular formula is C23H26ClNO3S2. The largest absolute Gasteiger partial charge is 0.493 e. The third-order valence-corrected chi connectivity index (χ3v) is 7.31. The predicted molar refractivity (Wildman–Crippen MR) is 127 cm³/mol. The highest BCUT2D eigenvalue weighted by atomic mass is 35.5. The van der Waals surface area contributed by atoms with Crippen LogP contribution in [0.1, 0.15) is 43.5 Å². The molecule has 0 saturated heterocycles. The van der Waals surface area contributed by atoms with Crippen molar-refractivity contribution in [3.63, 3.8) is 0 Å². The van der Waals surface area contributed by atoms with Gasteiger partial charge >= 0.3 is 5.97 Å². The van der Waals surface area contributed by atoms with E-state index in [9.17, 15) is 4.79 Å². The molecule has 1 N–H and O–H groups in total. The van der Waals surface area contributed by atoms with Gasteiger partial charge in [-0.3, -0.25) is 4.79 Å². The summed E-state index contributed by atoms with van der Waals surface area (Å²) in [6, 6.07) is 9.69. The number of carbonyl (C=O) groups is 1. The van der Waals surface area contributed by atoms with E-state index in [0.29, 0.717) is 17.2 Å². The van der Waals surface area contributed by atoms with E-state index < -0.39 is 5.97 Å². The lowest BCUT2D eigenvalue weighted by molar-refractivity contribution is -0.136. The number of benzene rings is 2. The maximum Gasteiger partial charge on any atom is 0.307 e. The standard InChI is InChI=1S/C23H26ClNO3S2/c1-3-6-17-20(9-8-16-19(4-2)25-30-23(16)17)28-11-5-12-29-21-10-7-15(13-18(21)24)14-22(26)27/h7-10,13H,3-6,11-12,14H2,1-2H3,(H,26,27). The molecule has 0 fully saturated rings. The number of carboxylic acid groups (broad SMARTS) is 1. The van der Waals surface area contributed by atoms with Gasteiger partial charge in [0.15, 0.2) is 0 Å². The number of fused-ring (bicyclic) bond motifs is 1. The van der Waals surface area contributed by atoms with E-state index in [2.05, 4.69) is 30.4 Å². The number of aromatic nitrogens is 1. The number of hydrogen-bond donors (Lipinski definition) is 1. The lowest BCUT2D eigenvalue weighted by atomic mass is 10.1. The number of ether oxygens (including phenoxy) is 1. The predicted octanol–water partition coefficient (Wildman–Crippen LogP) is 6.65. The van der Waals surface area contributed by atoms with E-state index in [1.54, 1.807) is 29.4 Å². The minimum Gasteiger partial charge on any atom is -0.493 e. The van der Waals surface area contributed by atoms with Crippen molar-refractivity contribution in [1.29, 1.82) is 0 Å². The van der Waals surface area contributed by atoms with Crippen LogP contribution in [0.15, 0.2) is 35.2 Å². The maximum atomic E-state index is 10.8. The molecule has 2 aromatic carbocycles. The van der Waals surface area contributed by atoms with Crippen LogP contribution in [0.2, 0.25) is 5.02 Å². The van der Waals surface area contributed by atoms with Crippen molar-refractivity contribution in [3.8, 4) is 5.75 Å². The van der Waals surface area contributed by atoms with E-state index >= 15 is 0 Å². The molecule has 160 valence electrons. The van der Waals surface area contributed by atoms with Gasteiger partial charge in [0.05, 0.1) is 28.4 Å². The first-order valence-electron chi connectivity index (χ1n) is 10.2. The topological polar surface area (TPSA) is 59.4 Å². The van der Waals surface area contributed by atoms with E-state index in [1.165, 1.54) is 21.3 Å². The molecule has 0 saturated carbocycles. The lowest BCUT2D eigenvalue weighted by Crippen LogP contribution is -2.02. The molecule has 3 aromatic rings. The second-order valence-corrected chi connectivity index (χ2v) is 9.35. The van der Waals surface area contributed by atoms with Crippen molar-refractivity contribution in [3.05, 3.63) is 52.2 Å². The lowest BCUT2D eigenvalue weighted by Gasteiger charge is -2.12. The van der Waals surface area contributed by atoms with Crippen LogP contribution in [0.25, 0.3) is 10.1 Å². The van der Waals surface area contributed by atoms with Crippen LogP contribution in [-0.2, 0) is 24.1 Å². The zero-order valence-electron chi connectivity index (χ0n) is 17.2. The number of halogens is 1. The van der Waals surface area contributed by atoms with Gasteiger partial charge in [0.1, 0.15) is 5.75 Å². The molecule has 4 nitrogen and oxygen atoms in total. The molecule has 0 aliphatic heterocycles. The van der Waals surface area contributed by atoms with Crippen molar-refractivity contribution >= 4 is 51.0 Å². The SMILES string of the molecule is CCCc1c(OCCCSc2ccc(CC(=O)O)cc2Cl)ccc2c(CC)nsc12. The van der Waals surface area contributed by atoms with Crippen LogP contribution in [-0.4, -0.2) is 27.8 Å². The molecule has 3 rings (SSSR count). The molecule has 7 heteroatoms. The van der Waals surface area contributed by atoms with Crippen molar-refractivity contribution < 1.29 is 14.6 Å². The smallest absolute Gasteiger partial charge is 0.307 e. The fraction of sp³-hybridized carbons (Fsp3) is 0.391. The highest BCUT2D eigenvalue weighted by Crippen LogP contribution is 2.34. The number of nitrogens with zero attached hydrogens (tertiary/aromatic N) is 1. The van der Waals surface area contributed by atoms with Crippen LogP contribution in [0.3, 0.4) is 0 Å². The summed E-state index contributed by atoms with van der Waals surface area (Å²) in [5, 5.41) is 10.7. The van der Waals surface area contributed by atoms with Crippen molar-refractivity contribution in [2.45, 2.75) is 50.8 Å². The molecular weight excluding hydrogens is 438 g/mol. The average molecular weight is 464 g/mol. The highest BCUT2D eigenvalue weighted by molar-refractivity contribution is 7.99. The molecule has 0 bridgehead atoms. The molecule has 1 heterocycles. The van der Waals surface area contributed by atoms with Gasteiger partial charge in [0, 0.05) is 21.6 Å². The Bertz CT molecular complexity index is 1020. The van der Waals surface area contributed by atoms with Gasteiger partial charge in [-0.25, -0.2) is 0 Å². The fourth-order valence-electron chi connectivity index (χ4n) is 3.34. The number of aliphatic carboxylic acids is 1. The molecule has 0 unspecified atom stereocenters. The zero-order valence-corrected chi connectivity index (χ0v) is 19.6. The van der Waals surface area contributed by atoms with Gasteiger partial charge in [-0.1, -0.05) is 37.9 Å². The van der Waals surface area contributed by atoms with Gasteiger partial charge in [0.25, 0.3) is 0 Å². The second kappa shape index (κ2) is 11.0. The van der Waals surface area contributed by atoms with Gasteiger partial charge in [-0.05, 0) is 60.6 Å². The molecule has 0 aliphatic rings. The molecule has 0 aliphatic carbocycles. The maximum absolute atomic E-state index is 10.8. The third kappa shape index (κ3) is 5.68. The van der Waals surface area contributed by atoms with Crippen molar-refractivity contribution in [2.24, 2.45) is 0 Å². The summed E-state index contributed by atoms with van der Waals surface area (Å²) >= 11 is 9.54. The van der Waals surface area contributed by atoms with Crippen LogP contribution < -0.4 is 4.74 Å². The monoisotopic (exact) mass is 463 g/mol. The summed E-state index contributed by atoms with van der Waals surface area (Å²) in [6.07, 6.45) is 3.89. The van der Waals surface area contributed by atoms with Crippen LogP contribution in [0.5, 0.6) is 5.75 Å². The Morgan fingerprint density at radius 2 is 2.10 bits per heavy atom. The minimum atomic E-state index is -0.853. The number of carboxylic acids is 1. The van der Waals surface area contributed by atoms with Gasteiger partial charge in [-0.2, -0.15) is 4.37 Å². The Morgan fingerprint density at radius 1 is 1.27 bits per heavy atom. The summed E-state index contributed by atoms with van der Waals surface area (Å²) in [6.45, 7) is 4.97. The molecule has 0 spiro atoms. The average Bonchev–Trinajstić information content (AvgIpc) is 3.13. The Hall–Kier alpha value is -1.76. The summed E-state index contributed by atoms with van der Waals surface area (Å²) in [4.78, 5) is 11.8. The van der Waals surface area contributed by atoms with Gasteiger partial charge in [-0.15, -0.1) is 11.8 Å². The summed E-state index contributed by atoms with van der Waals surface area (Å²) in [7, 11) is 0. The summed E-state index contributed by atoms with van der Waals surface area (Å²) in [5.74, 6) is 0.995. The van der Waals surface area contributed by atoms with Gasteiger partial charge < -0.3 is 9.84 Å². The summed E-state index contributed by atoms with van der Waals surface area (Å²) in [5.41, 5.74) is 3.16. The first kappa shape index (κ1) is 22.9. The van der Waals surface area contributed by atoms with Crippen molar-refractivity contribution in [1.82, 2.24) is 4.37 Å². The highest BCUT2D eigenvalue weighted by Gasteiger charge is 2.13. The number of thioether (sulfide) groups is 1. The van der Waals surface area contributed by atoms with Crippen LogP contribution >= 0.6 is 34.9 Å². The number of hydrogen-bond acceptors (Lipinski definition) is 5. The molecule has 0 atom stereocenters. The Balaban J connectivity index is 1.56. The zero-order chi connectivity index (χ0) is 21.5. The van der Waals surface area contributed by atoms with E-state index in [-0.39, 0.29) is 6.42 Å². The molecule has 0 radical (unpaired) electrons. The van der Waals surface area contributed by atoms with E-state index in [4.69, 9.17) is 21.4 Å². The molecule has 30 heavy (non-hydrogen) atoms. The van der Waals surface area contributed by atoms with E-state index in [1.807, 2.05) is 12.1 Å². The normalized spacial score (nSPS) is 11.2. The van der Waals surface area contributed by atoms with Gasteiger partial charge in [0.2, 0.25) is 0 Å². The first-order valence-corrected chi connectivity index (χ1v) is 12.3. The first-order chi connectivity index (χ1) is 14.5. The minimum absolute atomic E-state index is 0.0115. The van der Waals surface area contributed by atoms with Crippen LogP contribution in [0.4, 0.5) is 0 Å².